The molecule has 2 heterocycles. The third-order valence-corrected chi connectivity index (χ3v) is 6.49. The van der Waals surface area contributed by atoms with Crippen molar-refractivity contribution in [3.05, 3.63) is 83.2 Å². The first-order valence-corrected chi connectivity index (χ1v) is 13.2. The lowest BCUT2D eigenvalue weighted by Crippen LogP contribution is -2.22. The standard InChI is InChI=1S/C31H36N6O4/c1-19-8-10-22(11-9-19)37-28(17-26(36-37)31(4,5)6)35-30(39)33-24-12-13-25(21(3)20(24)2)41-23-14-15-32-27(16-23)34-29(38)18-40-7/h8-17H,18H2,1-7H3,(H,32,34,38)(H2,33,35,39). The maximum Gasteiger partial charge on any atom is 0.324 e. The van der Waals surface area contributed by atoms with Gasteiger partial charge < -0.3 is 20.1 Å². The zero-order chi connectivity index (χ0) is 29.7. The smallest absolute Gasteiger partial charge is 0.324 e. The number of rotatable bonds is 8. The van der Waals surface area contributed by atoms with Crippen LogP contribution in [0.2, 0.25) is 0 Å². The first-order valence-electron chi connectivity index (χ1n) is 13.2. The van der Waals surface area contributed by atoms with E-state index < -0.39 is 0 Å². The molecule has 0 aliphatic heterocycles. The fourth-order valence-electron chi connectivity index (χ4n) is 4.01. The van der Waals surface area contributed by atoms with Gasteiger partial charge in [0.25, 0.3) is 5.91 Å². The molecule has 0 aliphatic carbocycles. The van der Waals surface area contributed by atoms with E-state index in [0.717, 1.165) is 28.1 Å². The molecule has 10 nitrogen and oxygen atoms in total. The van der Waals surface area contributed by atoms with Gasteiger partial charge in [0, 0.05) is 36.5 Å². The van der Waals surface area contributed by atoms with E-state index in [1.165, 1.54) is 7.11 Å². The van der Waals surface area contributed by atoms with Crippen LogP contribution in [0.1, 0.15) is 43.2 Å². The molecule has 2 aromatic carbocycles. The van der Waals surface area contributed by atoms with E-state index >= 15 is 0 Å². The van der Waals surface area contributed by atoms with E-state index in [-0.39, 0.29) is 24.0 Å². The lowest BCUT2D eigenvalue weighted by atomic mass is 9.92. The number of anilines is 3. The van der Waals surface area contributed by atoms with Crippen molar-refractivity contribution in [2.45, 2.75) is 47.0 Å². The van der Waals surface area contributed by atoms with Crippen LogP contribution in [0.15, 0.2) is 60.8 Å². The highest BCUT2D eigenvalue weighted by atomic mass is 16.5. The molecule has 10 heteroatoms. The summed E-state index contributed by atoms with van der Waals surface area (Å²) in [6, 6.07) is 16.4. The molecule has 0 atom stereocenters. The number of carbonyl (C=O) groups excluding carboxylic acids is 2. The molecular formula is C31H36N6O4. The van der Waals surface area contributed by atoms with Crippen molar-refractivity contribution in [1.82, 2.24) is 14.8 Å². The van der Waals surface area contributed by atoms with Gasteiger partial charge in [-0.3, -0.25) is 10.1 Å². The number of aryl methyl sites for hydroxylation is 1. The Morgan fingerprint density at radius 2 is 1.63 bits per heavy atom. The van der Waals surface area contributed by atoms with Crippen molar-refractivity contribution >= 4 is 29.3 Å². The van der Waals surface area contributed by atoms with E-state index in [4.69, 9.17) is 14.6 Å². The zero-order valence-electron chi connectivity index (χ0n) is 24.5. The maximum atomic E-state index is 13.1. The number of ether oxygens (including phenoxy) is 2. The minimum absolute atomic E-state index is 0.0703. The maximum absolute atomic E-state index is 13.1. The Balaban J connectivity index is 1.50. The average molecular weight is 557 g/mol. The van der Waals surface area contributed by atoms with Crippen LogP contribution in [0, 0.1) is 20.8 Å². The van der Waals surface area contributed by atoms with Crippen LogP contribution in [0.25, 0.3) is 5.69 Å². The van der Waals surface area contributed by atoms with E-state index in [1.807, 2.05) is 51.1 Å². The molecule has 0 saturated carbocycles. The van der Waals surface area contributed by atoms with E-state index in [2.05, 4.69) is 41.7 Å². The third-order valence-electron chi connectivity index (χ3n) is 6.49. The molecule has 0 unspecified atom stereocenters. The van der Waals surface area contributed by atoms with Crippen LogP contribution in [-0.4, -0.2) is 40.4 Å². The van der Waals surface area contributed by atoms with Gasteiger partial charge in [-0.2, -0.15) is 5.10 Å². The normalized spacial score (nSPS) is 11.2. The summed E-state index contributed by atoms with van der Waals surface area (Å²) in [5.74, 6) is 1.73. The summed E-state index contributed by atoms with van der Waals surface area (Å²) >= 11 is 0. The second kappa shape index (κ2) is 12.2. The molecule has 3 amide bonds. The molecule has 4 rings (SSSR count). The second-order valence-corrected chi connectivity index (χ2v) is 10.8. The zero-order valence-corrected chi connectivity index (χ0v) is 24.5. The number of urea groups is 1. The number of nitrogens with zero attached hydrogens (tertiary/aromatic N) is 3. The lowest BCUT2D eigenvalue weighted by molar-refractivity contribution is -0.119. The number of hydrogen-bond acceptors (Lipinski definition) is 6. The molecule has 0 aliphatic rings. The van der Waals surface area contributed by atoms with E-state index in [1.54, 1.807) is 35.1 Å². The van der Waals surface area contributed by atoms with Gasteiger partial charge in [0.2, 0.25) is 0 Å². The van der Waals surface area contributed by atoms with Crippen molar-refractivity contribution in [2.24, 2.45) is 0 Å². The van der Waals surface area contributed by atoms with E-state index in [9.17, 15) is 9.59 Å². The fraction of sp³-hybridized carbons (Fsp3) is 0.290. The number of hydrogen-bond donors (Lipinski definition) is 3. The van der Waals surface area contributed by atoms with Crippen molar-refractivity contribution in [3.63, 3.8) is 0 Å². The van der Waals surface area contributed by atoms with Gasteiger partial charge in [-0.05, 0) is 62.2 Å². The Bertz CT molecular complexity index is 1550. The van der Waals surface area contributed by atoms with Crippen molar-refractivity contribution in [3.8, 4) is 17.2 Å². The first kappa shape index (κ1) is 29.3. The highest BCUT2D eigenvalue weighted by Crippen LogP contribution is 2.32. The molecule has 4 aromatic rings. The van der Waals surface area contributed by atoms with Gasteiger partial charge in [-0.15, -0.1) is 0 Å². The topological polar surface area (TPSA) is 119 Å². The summed E-state index contributed by atoms with van der Waals surface area (Å²) in [6.07, 6.45) is 1.55. The predicted octanol–water partition coefficient (Wildman–Crippen LogP) is 6.51. The van der Waals surface area contributed by atoms with Crippen LogP contribution in [0.3, 0.4) is 0 Å². The Kier molecular flexibility index (Phi) is 8.73. The molecule has 0 saturated heterocycles. The minimum atomic E-state index is -0.388. The lowest BCUT2D eigenvalue weighted by Gasteiger charge is -2.16. The number of benzene rings is 2. The van der Waals surface area contributed by atoms with Crippen molar-refractivity contribution in [2.75, 3.05) is 29.7 Å². The van der Waals surface area contributed by atoms with Crippen LogP contribution < -0.4 is 20.7 Å². The Morgan fingerprint density at radius 1 is 0.902 bits per heavy atom. The van der Waals surface area contributed by atoms with Crippen LogP contribution >= 0.6 is 0 Å². The third kappa shape index (κ3) is 7.29. The van der Waals surface area contributed by atoms with E-state index in [0.29, 0.717) is 28.8 Å². The van der Waals surface area contributed by atoms with Crippen LogP contribution in [-0.2, 0) is 14.9 Å². The molecule has 0 bridgehead atoms. The van der Waals surface area contributed by atoms with Crippen molar-refractivity contribution in [1.29, 1.82) is 0 Å². The van der Waals surface area contributed by atoms with Gasteiger partial charge in [0.1, 0.15) is 29.7 Å². The van der Waals surface area contributed by atoms with Gasteiger partial charge in [0.05, 0.1) is 11.4 Å². The number of methoxy groups -OCH3 is 1. The second-order valence-electron chi connectivity index (χ2n) is 10.8. The molecule has 214 valence electrons. The molecule has 0 radical (unpaired) electrons. The van der Waals surface area contributed by atoms with Crippen LogP contribution in [0.4, 0.5) is 22.1 Å². The summed E-state index contributed by atoms with van der Waals surface area (Å²) in [7, 11) is 1.45. The largest absolute Gasteiger partial charge is 0.457 e. The predicted molar refractivity (Wildman–Crippen MR) is 160 cm³/mol. The summed E-state index contributed by atoms with van der Waals surface area (Å²) in [6.45, 7) is 12.0. The summed E-state index contributed by atoms with van der Waals surface area (Å²) in [5.41, 5.74) is 5.00. The molecular weight excluding hydrogens is 520 g/mol. The van der Waals surface area contributed by atoms with Gasteiger partial charge in [0.15, 0.2) is 0 Å². The molecule has 3 N–H and O–H groups in total. The summed E-state index contributed by atoms with van der Waals surface area (Å²) in [4.78, 5) is 29.1. The van der Waals surface area contributed by atoms with Crippen LogP contribution in [0.5, 0.6) is 11.5 Å². The highest BCUT2D eigenvalue weighted by Gasteiger charge is 2.22. The average Bonchev–Trinajstić information content (AvgIpc) is 3.33. The highest BCUT2D eigenvalue weighted by molar-refractivity contribution is 6.00. The summed E-state index contributed by atoms with van der Waals surface area (Å²) < 4.78 is 12.7. The fourth-order valence-corrected chi connectivity index (χ4v) is 4.01. The molecule has 0 fully saturated rings. The SMILES string of the molecule is COCC(=O)Nc1cc(Oc2ccc(NC(=O)Nc3cc(C(C)(C)C)nn3-c3ccc(C)cc3)c(C)c2C)ccn1. The molecule has 2 aromatic heterocycles. The van der Waals surface area contributed by atoms with Gasteiger partial charge in [-0.25, -0.2) is 14.5 Å². The Hall–Kier alpha value is -4.70. The number of amides is 3. The quantitative estimate of drug-likeness (QED) is 0.228. The Labute approximate surface area is 240 Å². The molecule has 0 spiro atoms. The molecule has 41 heavy (non-hydrogen) atoms. The van der Waals surface area contributed by atoms with Gasteiger partial charge in [-0.1, -0.05) is 38.5 Å². The Morgan fingerprint density at radius 3 is 2.32 bits per heavy atom. The monoisotopic (exact) mass is 556 g/mol. The number of aromatic nitrogens is 3. The first-order chi connectivity index (χ1) is 19.4. The number of nitrogens with one attached hydrogen (secondary N) is 3. The van der Waals surface area contributed by atoms with Crippen molar-refractivity contribution < 1.29 is 19.1 Å². The summed E-state index contributed by atoms with van der Waals surface area (Å²) in [5, 5.41) is 13.4. The minimum Gasteiger partial charge on any atom is -0.457 e. The van der Waals surface area contributed by atoms with Gasteiger partial charge >= 0.3 is 6.03 Å². The number of carbonyl (C=O) groups is 2. The number of pyridine rings is 1.